The Balaban J connectivity index is 1.33. The quantitative estimate of drug-likeness (QED) is 0.620. The van der Waals surface area contributed by atoms with E-state index >= 15 is 0 Å². The predicted molar refractivity (Wildman–Crippen MR) is 116 cm³/mol. The van der Waals surface area contributed by atoms with Gasteiger partial charge in [0.1, 0.15) is 5.82 Å². The fourth-order valence-electron chi connectivity index (χ4n) is 3.64. The maximum Gasteiger partial charge on any atom is 0.242 e. The van der Waals surface area contributed by atoms with Gasteiger partial charge in [-0.25, -0.2) is 9.37 Å². The molecule has 7 heteroatoms. The van der Waals surface area contributed by atoms with Crippen LogP contribution in [0.1, 0.15) is 12.5 Å². The Bertz CT molecular complexity index is 951. The van der Waals surface area contributed by atoms with Gasteiger partial charge < -0.3 is 0 Å². The normalized spacial score (nSPS) is 15.7. The minimum Gasteiger partial charge on any atom is -0.296 e. The molecule has 2 heterocycles. The summed E-state index contributed by atoms with van der Waals surface area (Å²) >= 11 is 1.56. The number of nitrogens with zero attached hydrogens (tertiary/aromatic N) is 4. The number of anilines is 1. The van der Waals surface area contributed by atoms with E-state index in [4.69, 9.17) is 0 Å². The van der Waals surface area contributed by atoms with E-state index in [0.29, 0.717) is 19.6 Å². The predicted octanol–water partition coefficient (Wildman–Crippen LogP) is 3.61. The summed E-state index contributed by atoms with van der Waals surface area (Å²) in [5.74, 6) is -0.0753. The van der Waals surface area contributed by atoms with E-state index in [0.717, 1.165) is 47.1 Å². The molecule has 4 rings (SSSR count). The number of fused-ring (bicyclic) bond motifs is 1. The summed E-state index contributed by atoms with van der Waals surface area (Å²) in [5.41, 5.74) is 1.66. The topological polar surface area (TPSA) is 39.7 Å². The molecule has 152 valence electrons. The second kappa shape index (κ2) is 8.98. The van der Waals surface area contributed by atoms with Gasteiger partial charge in [-0.1, -0.05) is 41.7 Å². The molecule has 2 aromatic carbocycles. The lowest BCUT2D eigenvalue weighted by Gasteiger charge is -2.35. The molecule has 0 atom stereocenters. The van der Waals surface area contributed by atoms with Crippen molar-refractivity contribution in [3.8, 4) is 0 Å². The summed E-state index contributed by atoms with van der Waals surface area (Å²) in [5, 5.41) is 0.761. The largest absolute Gasteiger partial charge is 0.296 e. The van der Waals surface area contributed by atoms with Crippen molar-refractivity contribution in [2.24, 2.45) is 0 Å². The van der Waals surface area contributed by atoms with Crippen LogP contribution >= 0.6 is 11.3 Å². The molecule has 0 spiro atoms. The number of thiazole rings is 1. The number of likely N-dealkylation sites (N-methyl/N-ethyl adjacent to an activating group) is 1. The zero-order chi connectivity index (χ0) is 20.2. The van der Waals surface area contributed by atoms with Crippen molar-refractivity contribution in [2.75, 3.05) is 44.2 Å². The minimum absolute atomic E-state index is 0.0779. The van der Waals surface area contributed by atoms with Crippen molar-refractivity contribution < 1.29 is 9.18 Å². The van der Waals surface area contributed by atoms with Gasteiger partial charge in [-0.3, -0.25) is 19.5 Å². The monoisotopic (exact) mass is 412 g/mol. The molecule has 3 aromatic rings. The highest BCUT2D eigenvalue weighted by Crippen LogP contribution is 2.28. The van der Waals surface area contributed by atoms with E-state index in [1.165, 1.54) is 6.07 Å². The molecule has 1 saturated heterocycles. The first-order valence-electron chi connectivity index (χ1n) is 9.98. The number of carbonyl (C=O) groups excluding carboxylic acids is 1. The van der Waals surface area contributed by atoms with Gasteiger partial charge in [-0.05, 0) is 25.1 Å². The maximum atomic E-state index is 13.9. The summed E-state index contributed by atoms with van der Waals surface area (Å²) < 4.78 is 15.0. The average Bonchev–Trinajstić information content (AvgIpc) is 3.15. The van der Waals surface area contributed by atoms with Crippen LogP contribution < -0.4 is 4.90 Å². The van der Waals surface area contributed by atoms with E-state index in [2.05, 4.69) is 14.8 Å². The van der Waals surface area contributed by atoms with Gasteiger partial charge in [0, 0.05) is 44.8 Å². The van der Waals surface area contributed by atoms with Crippen LogP contribution in [-0.2, 0) is 11.3 Å². The first-order valence-corrected chi connectivity index (χ1v) is 10.8. The number of aromatic nitrogens is 1. The fraction of sp³-hybridized carbons (Fsp3) is 0.364. The molecule has 1 fully saturated rings. The lowest BCUT2D eigenvalue weighted by molar-refractivity contribution is -0.120. The second-order valence-corrected chi connectivity index (χ2v) is 8.25. The fourth-order valence-corrected chi connectivity index (χ4v) is 4.69. The molecule has 29 heavy (non-hydrogen) atoms. The van der Waals surface area contributed by atoms with Gasteiger partial charge in [0.2, 0.25) is 5.91 Å². The van der Waals surface area contributed by atoms with Crippen LogP contribution in [0.2, 0.25) is 0 Å². The number of benzene rings is 2. The third kappa shape index (κ3) is 4.63. The molecule has 0 aliphatic carbocycles. The number of hydrogen-bond donors (Lipinski definition) is 0. The lowest BCUT2D eigenvalue weighted by Crippen LogP contribution is -2.49. The van der Waals surface area contributed by atoms with Crippen LogP contribution in [0.5, 0.6) is 0 Å². The Kier molecular flexibility index (Phi) is 6.18. The highest BCUT2D eigenvalue weighted by molar-refractivity contribution is 7.22. The standard InChI is InChI=1S/C22H25FN4OS/c1-2-27(22-24-19-9-5-6-10-20(19)29-22)21(28)16-26-13-11-25(12-14-26)15-17-7-3-4-8-18(17)23/h3-10H,2,11-16H2,1H3. The van der Waals surface area contributed by atoms with Crippen molar-refractivity contribution in [1.82, 2.24) is 14.8 Å². The Labute approximate surface area is 174 Å². The van der Waals surface area contributed by atoms with Gasteiger partial charge >= 0.3 is 0 Å². The van der Waals surface area contributed by atoms with Crippen molar-refractivity contribution in [3.05, 3.63) is 59.9 Å². The van der Waals surface area contributed by atoms with Crippen LogP contribution in [0, 0.1) is 5.82 Å². The summed E-state index contributed by atoms with van der Waals surface area (Å²) in [6.45, 7) is 6.85. The zero-order valence-corrected chi connectivity index (χ0v) is 17.4. The van der Waals surface area contributed by atoms with E-state index in [9.17, 15) is 9.18 Å². The van der Waals surface area contributed by atoms with Crippen molar-refractivity contribution in [1.29, 1.82) is 0 Å². The van der Waals surface area contributed by atoms with Gasteiger partial charge in [0.05, 0.1) is 16.8 Å². The number of para-hydroxylation sites is 1. The highest BCUT2D eigenvalue weighted by Gasteiger charge is 2.24. The number of halogens is 1. The molecule has 0 bridgehead atoms. The van der Waals surface area contributed by atoms with Crippen molar-refractivity contribution in [3.63, 3.8) is 0 Å². The van der Waals surface area contributed by atoms with Gasteiger partial charge in [-0.15, -0.1) is 0 Å². The second-order valence-electron chi connectivity index (χ2n) is 7.25. The zero-order valence-electron chi connectivity index (χ0n) is 16.6. The molecule has 0 radical (unpaired) electrons. The van der Waals surface area contributed by atoms with E-state index in [-0.39, 0.29) is 11.7 Å². The minimum atomic E-state index is -0.153. The molecule has 1 aromatic heterocycles. The average molecular weight is 413 g/mol. The van der Waals surface area contributed by atoms with E-state index < -0.39 is 0 Å². The van der Waals surface area contributed by atoms with Crippen LogP contribution in [-0.4, -0.2) is 60.0 Å². The molecular formula is C22H25FN4OS. The Morgan fingerprint density at radius 3 is 2.48 bits per heavy atom. The molecule has 5 nitrogen and oxygen atoms in total. The molecule has 0 saturated carbocycles. The first-order chi connectivity index (χ1) is 14.1. The number of hydrogen-bond acceptors (Lipinski definition) is 5. The smallest absolute Gasteiger partial charge is 0.242 e. The number of piperazine rings is 1. The molecule has 1 aliphatic rings. The SMILES string of the molecule is CCN(C(=O)CN1CCN(Cc2ccccc2F)CC1)c1nc2ccccc2s1. The van der Waals surface area contributed by atoms with Crippen LogP contribution in [0.4, 0.5) is 9.52 Å². The summed E-state index contributed by atoms with van der Waals surface area (Å²) in [4.78, 5) is 23.7. The lowest BCUT2D eigenvalue weighted by atomic mass is 10.2. The summed E-state index contributed by atoms with van der Waals surface area (Å²) in [6.07, 6.45) is 0. The molecular weight excluding hydrogens is 387 g/mol. The molecule has 1 amide bonds. The van der Waals surface area contributed by atoms with Gasteiger partial charge in [0.25, 0.3) is 0 Å². The van der Waals surface area contributed by atoms with E-state index in [1.807, 2.05) is 43.3 Å². The van der Waals surface area contributed by atoms with Crippen molar-refractivity contribution >= 4 is 32.6 Å². The van der Waals surface area contributed by atoms with Gasteiger partial charge in [0.15, 0.2) is 5.13 Å². The summed E-state index contributed by atoms with van der Waals surface area (Å²) in [7, 11) is 0. The molecule has 0 unspecified atom stereocenters. The Morgan fingerprint density at radius 2 is 1.76 bits per heavy atom. The summed E-state index contributed by atoms with van der Waals surface area (Å²) in [6, 6.07) is 14.9. The van der Waals surface area contributed by atoms with Crippen LogP contribution in [0.3, 0.4) is 0 Å². The van der Waals surface area contributed by atoms with Crippen molar-refractivity contribution in [2.45, 2.75) is 13.5 Å². The Morgan fingerprint density at radius 1 is 1.07 bits per heavy atom. The third-order valence-electron chi connectivity index (χ3n) is 5.31. The Hall–Kier alpha value is -2.35. The van der Waals surface area contributed by atoms with Crippen LogP contribution in [0.15, 0.2) is 48.5 Å². The van der Waals surface area contributed by atoms with Gasteiger partial charge in [-0.2, -0.15) is 0 Å². The maximum absolute atomic E-state index is 13.9. The third-order valence-corrected chi connectivity index (χ3v) is 6.37. The molecule has 1 aliphatic heterocycles. The van der Waals surface area contributed by atoms with E-state index in [1.54, 1.807) is 22.3 Å². The van der Waals surface area contributed by atoms with Crippen LogP contribution in [0.25, 0.3) is 10.2 Å². The first kappa shape index (κ1) is 19.9. The number of carbonyl (C=O) groups is 1. The molecule has 0 N–H and O–H groups in total. The highest BCUT2D eigenvalue weighted by atomic mass is 32.1. The number of rotatable bonds is 6. The number of amides is 1.